The summed E-state index contributed by atoms with van der Waals surface area (Å²) in [4.78, 5) is 28.5. The van der Waals surface area contributed by atoms with Crippen LogP contribution in [0.3, 0.4) is 0 Å². The minimum absolute atomic E-state index is 0.0189. The Balaban J connectivity index is 2.07. The van der Waals surface area contributed by atoms with Crippen LogP contribution in [-0.4, -0.2) is 44.3 Å². The number of nitrogens with one attached hydrogen (secondary N) is 1. The maximum absolute atomic E-state index is 14.0. The highest BCUT2D eigenvalue weighted by molar-refractivity contribution is 7.92. The third-order valence-electron chi connectivity index (χ3n) is 6.12. The summed E-state index contributed by atoms with van der Waals surface area (Å²) in [6.07, 6.45) is 0.264. The molecule has 0 aromatic heterocycles. The van der Waals surface area contributed by atoms with Crippen molar-refractivity contribution >= 4 is 50.7 Å². The molecular formula is C29H32Cl2FN3O4S. The lowest BCUT2D eigenvalue weighted by atomic mass is 10.1. The summed E-state index contributed by atoms with van der Waals surface area (Å²) in [6, 6.07) is 16.6. The average molecular weight is 609 g/mol. The second-order valence-electron chi connectivity index (χ2n) is 9.63. The highest BCUT2D eigenvalue weighted by Crippen LogP contribution is 2.33. The SMILES string of the molecule is CCC(C(=O)NCC(C)C)N(Cc1ccc(F)cc1)C(=O)CN(c1cc(Cl)ccc1Cl)S(=O)(=O)c1ccccc1. The molecule has 7 nitrogen and oxygen atoms in total. The number of benzene rings is 3. The second-order valence-corrected chi connectivity index (χ2v) is 12.3. The first-order valence-corrected chi connectivity index (χ1v) is 15.0. The van der Waals surface area contributed by atoms with Crippen LogP contribution in [0.4, 0.5) is 10.1 Å². The lowest BCUT2D eigenvalue weighted by Crippen LogP contribution is -2.52. The fourth-order valence-corrected chi connectivity index (χ4v) is 5.92. The van der Waals surface area contributed by atoms with Gasteiger partial charge in [0, 0.05) is 18.1 Å². The van der Waals surface area contributed by atoms with Crippen LogP contribution in [0.1, 0.15) is 32.8 Å². The van der Waals surface area contributed by atoms with Crippen LogP contribution in [0.15, 0.2) is 77.7 Å². The molecule has 1 N–H and O–H groups in total. The molecule has 0 aliphatic carbocycles. The molecule has 3 rings (SSSR count). The first-order chi connectivity index (χ1) is 18.9. The van der Waals surface area contributed by atoms with Crippen LogP contribution in [-0.2, 0) is 26.2 Å². The van der Waals surface area contributed by atoms with Crippen molar-refractivity contribution in [2.75, 3.05) is 17.4 Å². The minimum Gasteiger partial charge on any atom is -0.354 e. The van der Waals surface area contributed by atoms with Gasteiger partial charge in [0.1, 0.15) is 18.4 Å². The fraction of sp³-hybridized carbons (Fsp3) is 0.310. The summed E-state index contributed by atoms with van der Waals surface area (Å²) in [5.41, 5.74) is 0.591. The molecule has 0 spiro atoms. The molecule has 3 aromatic carbocycles. The Hall–Kier alpha value is -3.14. The molecule has 0 saturated carbocycles. The molecule has 0 aliphatic rings. The van der Waals surface area contributed by atoms with Crippen molar-refractivity contribution in [3.63, 3.8) is 0 Å². The van der Waals surface area contributed by atoms with Gasteiger partial charge in [0.2, 0.25) is 11.8 Å². The molecule has 0 saturated heterocycles. The van der Waals surface area contributed by atoms with E-state index in [0.717, 1.165) is 4.31 Å². The van der Waals surface area contributed by atoms with E-state index in [9.17, 15) is 22.4 Å². The molecule has 11 heteroatoms. The third-order valence-corrected chi connectivity index (χ3v) is 8.45. The van der Waals surface area contributed by atoms with E-state index in [-0.39, 0.29) is 45.4 Å². The molecule has 1 atom stereocenters. The normalized spacial score (nSPS) is 12.2. The number of rotatable bonds is 12. The van der Waals surface area contributed by atoms with E-state index >= 15 is 0 Å². The average Bonchev–Trinajstić information content (AvgIpc) is 2.93. The smallest absolute Gasteiger partial charge is 0.264 e. The number of carbonyl (C=O) groups is 2. The lowest BCUT2D eigenvalue weighted by molar-refractivity contribution is -0.140. The zero-order valence-electron chi connectivity index (χ0n) is 22.5. The highest BCUT2D eigenvalue weighted by atomic mass is 35.5. The van der Waals surface area contributed by atoms with E-state index < -0.39 is 34.3 Å². The van der Waals surface area contributed by atoms with Crippen molar-refractivity contribution in [2.45, 2.75) is 44.7 Å². The summed E-state index contributed by atoms with van der Waals surface area (Å²) in [7, 11) is -4.28. The van der Waals surface area contributed by atoms with Crippen LogP contribution >= 0.6 is 23.2 Å². The molecule has 0 aliphatic heterocycles. The Morgan fingerprint density at radius 1 is 0.975 bits per heavy atom. The number of hydrogen-bond acceptors (Lipinski definition) is 4. The number of anilines is 1. The van der Waals surface area contributed by atoms with Gasteiger partial charge < -0.3 is 10.2 Å². The fourth-order valence-electron chi connectivity index (χ4n) is 4.04. The first kappa shape index (κ1) is 31.4. The number of carbonyl (C=O) groups excluding carboxylic acids is 2. The monoisotopic (exact) mass is 607 g/mol. The van der Waals surface area contributed by atoms with Crippen molar-refractivity contribution in [3.05, 3.63) is 94.2 Å². The van der Waals surface area contributed by atoms with Crippen molar-refractivity contribution in [2.24, 2.45) is 5.92 Å². The number of nitrogens with zero attached hydrogens (tertiary/aromatic N) is 2. The largest absolute Gasteiger partial charge is 0.354 e. The van der Waals surface area contributed by atoms with Crippen LogP contribution in [0.2, 0.25) is 10.0 Å². The predicted octanol–water partition coefficient (Wildman–Crippen LogP) is 5.91. The molecule has 0 fully saturated rings. The van der Waals surface area contributed by atoms with Gasteiger partial charge in [-0.1, -0.05) is 74.3 Å². The quantitative estimate of drug-likeness (QED) is 0.277. The van der Waals surface area contributed by atoms with Gasteiger partial charge in [0.25, 0.3) is 10.0 Å². The summed E-state index contributed by atoms with van der Waals surface area (Å²) < 4.78 is 42.2. The van der Waals surface area contributed by atoms with Crippen LogP contribution in [0, 0.1) is 11.7 Å². The number of amides is 2. The van der Waals surface area contributed by atoms with Crippen molar-refractivity contribution in [1.82, 2.24) is 10.2 Å². The van der Waals surface area contributed by atoms with Crippen molar-refractivity contribution < 1.29 is 22.4 Å². The molecule has 0 radical (unpaired) electrons. The summed E-state index contributed by atoms with van der Waals surface area (Å²) in [6.45, 7) is 5.35. The van der Waals surface area contributed by atoms with E-state index in [1.165, 1.54) is 59.5 Å². The summed E-state index contributed by atoms with van der Waals surface area (Å²) in [5.74, 6) is -1.28. The standard InChI is InChI=1S/C29H32Cl2FN3O4S/c1-4-26(29(37)33-17-20(2)3)34(18-21-10-13-23(32)14-11-21)28(36)19-35(27-16-22(30)12-15-25(27)31)40(38,39)24-8-6-5-7-9-24/h5-16,20,26H,4,17-19H2,1-3H3,(H,33,37). The zero-order valence-corrected chi connectivity index (χ0v) is 24.8. The predicted molar refractivity (Wildman–Crippen MR) is 156 cm³/mol. The maximum atomic E-state index is 14.0. The van der Waals surface area contributed by atoms with Gasteiger partial charge in [0.05, 0.1) is 15.6 Å². The highest BCUT2D eigenvalue weighted by Gasteiger charge is 2.34. The van der Waals surface area contributed by atoms with E-state index in [4.69, 9.17) is 23.2 Å². The van der Waals surface area contributed by atoms with Gasteiger partial charge in [0.15, 0.2) is 0 Å². The molecule has 40 heavy (non-hydrogen) atoms. The Morgan fingerprint density at radius 3 is 2.23 bits per heavy atom. The van der Waals surface area contributed by atoms with E-state index in [0.29, 0.717) is 12.1 Å². The third kappa shape index (κ3) is 7.96. The minimum atomic E-state index is -4.28. The molecule has 1 unspecified atom stereocenters. The van der Waals surface area contributed by atoms with E-state index in [1.807, 2.05) is 13.8 Å². The molecular weight excluding hydrogens is 576 g/mol. The van der Waals surface area contributed by atoms with Crippen LogP contribution in [0.25, 0.3) is 0 Å². The van der Waals surface area contributed by atoms with Gasteiger partial charge in [-0.3, -0.25) is 13.9 Å². The molecule has 214 valence electrons. The number of halogens is 3. The molecule has 2 amide bonds. The van der Waals surface area contributed by atoms with Crippen LogP contribution in [0.5, 0.6) is 0 Å². The maximum Gasteiger partial charge on any atom is 0.264 e. The van der Waals surface area contributed by atoms with Gasteiger partial charge in [-0.25, -0.2) is 12.8 Å². The van der Waals surface area contributed by atoms with E-state index in [2.05, 4.69) is 5.32 Å². The summed E-state index contributed by atoms with van der Waals surface area (Å²) in [5, 5.41) is 3.16. The van der Waals surface area contributed by atoms with Gasteiger partial charge in [-0.2, -0.15) is 0 Å². The zero-order chi connectivity index (χ0) is 29.4. The Bertz CT molecular complexity index is 1420. The second kappa shape index (κ2) is 14.0. The van der Waals surface area contributed by atoms with E-state index in [1.54, 1.807) is 25.1 Å². The molecule has 0 bridgehead atoms. The van der Waals surface area contributed by atoms with Crippen molar-refractivity contribution in [1.29, 1.82) is 0 Å². The van der Waals surface area contributed by atoms with Crippen LogP contribution < -0.4 is 9.62 Å². The Labute approximate surface area is 244 Å². The van der Waals surface area contributed by atoms with Gasteiger partial charge in [-0.05, 0) is 60.4 Å². The molecule has 0 heterocycles. The van der Waals surface area contributed by atoms with Gasteiger partial charge >= 0.3 is 0 Å². The van der Waals surface area contributed by atoms with Crippen molar-refractivity contribution in [3.8, 4) is 0 Å². The first-order valence-electron chi connectivity index (χ1n) is 12.8. The number of sulfonamides is 1. The Morgan fingerprint density at radius 2 is 1.62 bits per heavy atom. The Kier molecular flexibility index (Phi) is 11.0. The lowest BCUT2D eigenvalue weighted by Gasteiger charge is -2.33. The number of hydrogen-bond donors (Lipinski definition) is 1. The molecule has 3 aromatic rings. The summed E-state index contributed by atoms with van der Waals surface area (Å²) >= 11 is 12.6. The van der Waals surface area contributed by atoms with Gasteiger partial charge in [-0.15, -0.1) is 0 Å². The topological polar surface area (TPSA) is 86.8 Å².